The quantitative estimate of drug-likeness (QED) is 0.843. The smallest absolute Gasteiger partial charge is 0.230 e. The third-order valence-corrected chi connectivity index (χ3v) is 2.48. The van der Waals surface area contributed by atoms with E-state index in [1.54, 1.807) is 24.1 Å². The molecule has 1 rings (SSSR count). The van der Waals surface area contributed by atoms with Crippen molar-refractivity contribution >= 4 is 11.6 Å². The minimum atomic E-state index is -0.298. The molecule has 0 heterocycles. The molecule has 1 aromatic carbocycles. The second-order valence-corrected chi connectivity index (χ2v) is 3.83. The molecule has 0 aliphatic heterocycles. The van der Waals surface area contributed by atoms with Crippen molar-refractivity contribution in [3.63, 3.8) is 0 Å². The van der Waals surface area contributed by atoms with Gasteiger partial charge in [-0.15, -0.1) is 0 Å². The van der Waals surface area contributed by atoms with Gasteiger partial charge in [-0.1, -0.05) is 6.92 Å². The third kappa shape index (κ3) is 3.03. The summed E-state index contributed by atoms with van der Waals surface area (Å²) in [6, 6.07) is 5.89. The molecular formula is C12H17FN2O. The molecule has 0 saturated heterocycles. The van der Waals surface area contributed by atoms with E-state index in [2.05, 4.69) is 5.32 Å². The number of benzene rings is 1. The minimum Gasteiger partial charge on any atom is -0.319 e. The first-order valence-electron chi connectivity index (χ1n) is 5.24. The van der Waals surface area contributed by atoms with E-state index in [-0.39, 0.29) is 17.6 Å². The fourth-order valence-corrected chi connectivity index (χ4v) is 1.52. The molecule has 1 atom stereocenters. The predicted octanol–water partition coefficient (Wildman–Crippen LogP) is 1.64. The van der Waals surface area contributed by atoms with Crippen LogP contribution in [0.15, 0.2) is 24.3 Å². The van der Waals surface area contributed by atoms with Crippen LogP contribution < -0.4 is 10.2 Å². The second kappa shape index (κ2) is 5.61. The molecular weight excluding hydrogens is 207 g/mol. The molecule has 0 saturated carbocycles. The van der Waals surface area contributed by atoms with Crippen molar-refractivity contribution in [2.75, 3.05) is 25.5 Å². The molecule has 16 heavy (non-hydrogen) atoms. The highest BCUT2D eigenvalue weighted by Gasteiger charge is 2.17. The number of amides is 1. The van der Waals surface area contributed by atoms with Crippen LogP contribution in [0, 0.1) is 11.7 Å². The SMILES string of the molecule is CNCC(C)C(=O)N(C)c1ccc(F)cc1. The Morgan fingerprint density at radius 3 is 2.50 bits per heavy atom. The lowest BCUT2D eigenvalue weighted by molar-refractivity contribution is -0.121. The molecule has 1 aromatic rings. The van der Waals surface area contributed by atoms with Crippen molar-refractivity contribution in [1.29, 1.82) is 0 Å². The Kier molecular flexibility index (Phi) is 4.43. The maximum Gasteiger partial charge on any atom is 0.230 e. The van der Waals surface area contributed by atoms with Gasteiger partial charge in [-0.05, 0) is 31.3 Å². The van der Waals surface area contributed by atoms with E-state index in [0.717, 1.165) is 0 Å². The van der Waals surface area contributed by atoms with Gasteiger partial charge in [0.15, 0.2) is 0 Å². The van der Waals surface area contributed by atoms with Gasteiger partial charge >= 0.3 is 0 Å². The van der Waals surface area contributed by atoms with Crippen LogP contribution in [-0.4, -0.2) is 26.5 Å². The highest BCUT2D eigenvalue weighted by Crippen LogP contribution is 2.15. The fourth-order valence-electron chi connectivity index (χ4n) is 1.52. The number of carbonyl (C=O) groups excluding carboxylic acids is 1. The van der Waals surface area contributed by atoms with Crippen molar-refractivity contribution in [3.05, 3.63) is 30.1 Å². The van der Waals surface area contributed by atoms with Crippen molar-refractivity contribution in [1.82, 2.24) is 5.32 Å². The average Bonchev–Trinajstić information content (AvgIpc) is 2.28. The largest absolute Gasteiger partial charge is 0.319 e. The van der Waals surface area contributed by atoms with Gasteiger partial charge in [-0.3, -0.25) is 4.79 Å². The summed E-state index contributed by atoms with van der Waals surface area (Å²) < 4.78 is 12.7. The van der Waals surface area contributed by atoms with Gasteiger partial charge in [-0.25, -0.2) is 4.39 Å². The van der Waals surface area contributed by atoms with E-state index in [9.17, 15) is 9.18 Å². The van der Waals surface area contributed by atoms with Crippen molar-refractivity contribution in [3.8, 4) is 0 Å². The Hall–Kier alpha value is -1.42. The first-order chi connectivity index (χ1) is 7.56. The molecule has 0 aliphatic rings. The summed E-state index contributed by atoms with van der Waals surface area (Å²) in [5.41, 5.74) is 0.703. The van der Waals surface area contributed by atoms with Gasteiger partial charge in [-0.2, -0.15) is 0 Å². The third-order valence-electron chi connectivity index (χ3n) is 2.48. The number of hydrogen-bond donors (Lipinski definition) is 1. The van der Waals surface area contributed by atoms with Gasteiger partial charge in [0.25, 0.3) is 0 Å². The van der Waals surface area contributed by atoms with Gasteiger partial charge in [0, 0.05) is 25.2 Å². The lowest BCUT2D eigenvalue weighted by atomic mass is 10.1. The molecule has 0 spiro atoms. The monoisotopic (exact) mass is 224 g/mol. The number of nitrogens with one attached hydrogen (secondary N) is 1. The highest BCUT2D eigenvalue weighted by molar-refractivity contribution is 5.94. The van der Waals surface area contributed by atoms with E-state index in [0.29, 0.717) is 12.2 Å². The molecule has 0 radical (unpaired) electrons. The minimum absolute atomic E-state index is 0.0148. The number of nitrogens with zero attached hydrogens (tertiary/aromatic N) is 1. The number of rotatable bonds is 4. The van der Waals surface area contributed by atoms with E-state index in [4.69, 9.17) is 0 Å². The van der Waals surface area contributed by atoms with Crippen LogP contribution in [0.5, 0.6) is 0 Å². The lowest BCUT2D eigenvalue weighted by Gasteiger charge is -2.21. The fraction of sp³-hybridized carbons (Fsp3) is 0.417. The van der Waals surface area contributed by atoms with Crippen LogP contribution in [0.1, 0.15) is 6.92 Å². The second-order valence-electron chi connectivity index (χ2n) is 3.83. The topological polar surface area (TPSA) is 32.3 Å². The summed E-state index contributed by atoms with van der Waals surface area (Å²) in [5, 5.41) is 2.96. The van der Waals surface area contributed by atoms with Gasteiger partial charge in [0.05, 0.1) is 0 Å². The molecule has 0 aliphatic carbocycles. The molecule has 1 amide bonds. The van der Waals surface area contributed by atoms with Crippen LogP contribution in [0.4, 0.5) is 10.1 Å². The molecule has 1 unspecified atom stereocenters. The Morgan fingerprint density at radius 1 is 1.44 bits per heavy atom. The van der Waals surface area contributed by atoms with Gasteiger partial charge in [0.2, 0.25) is 5.91 Å². The number of halogens is 1. The average molecular weight is 224 g/mol. The maximum atomic E-state index is 12.7. The first-order valence-corrected chi connectivity index (χ1v) is 5.24. The molecule has 0 bridgehead atoms. The zero-order valence-electron chi connectivity index (χ0n) is 9.83. The first kappa shape index (κ1) is 12.6. The van der Waals surface area contributed by atoms with Crippen molar-refractivity contribution in [2.45, 2.75) is 6.92 Å². The summed E-state index contributed by atoms with van der Waals surface area (Å²) >= 11 is 0. The van der Waals surface area contributed by atoms with Crippen molar-refractivity contribution in [2.24, 2.45) is 5.92 Å². The lowest BCUT2D eigenvalue weighted by Crippen LogP contribution is -2.35. The van der Waals surface area contributed by atoms with E-state index < -0.39 is 0 Å². The Labute approximate surface area is 95.3 Å². The summed E-state index contributed by atoms with van der Waals surface area (Å²) in [7, 11) is 3.50. The van der Waals surface area contributed by atoms with Gasteiger partial charge < -0.3 is 10.2 Å². The van der Waals surface area contributed by atoms with Crippen LogP contribution in [0.2, 0.25) is 0 Å². The summed E-state index contributed by atoms with van der Waals surface area (Å²) in [5.74, 6) is -0.381. The number of hydrogen-bond acceptors (Lipinski definition) is 2. The van der Waals surface area contributed by atoms with Gasteiger partial charge in [0.1, 0.15) is 5.82 Å². The molecule has 0 fully saturated rings. The zero-order valence-corrected chi connectivity index (χ0v) is 9.83. The molecule has 0 aromatic heterocycles. The van der Waals surface area contributed by atoms with Crippen LogP contribution in [-0.2, 0) is 4.79 Å². The van der Waals surface area contributed by atoms with Crippen LogP contribution >= 0.6 is 0 Å². The molecule has 88 valence electrons. The Balaban J connectivity index is 2.73. The summed E-state index contributed by atoms with van der Waals surface area (Å²) in [4.78, 5) is 13.5. The molecule has 4 heteroatoms. The normalized spacial score (nSPS) is 12.2. The predicted molar refractivity (Wildman–Crippen MR) is 62.9 cm³/mol. The summed E-state index contributed by atoms with van der Waals surface area (Å²) in [6.45, 7) is 2.49. The number of carbonyl (C=O) groups is 1. The summed E-state index contributed by atoms with van der Waals surface area (Å²) in [6.07, 6.45) is 0. The van der Waals surface area contributed by atoms with Crippen LogP contribution in [0.3, 0.4) is 0 Å². The van der Waals surface area contributed by atoms with Crippen molar-refractivity contribution < 1.29 is 9.18 Å². The Morgan fingerprint density at radius 2 is 2.00 bits per heavy atom. The Bertz CT molecular complexity index is 351. The van der Waals surface area contributed by atoms with Crippen LogP contribution in [0.25, 0.3) is 0 Å². The molecule has 1 N–H and O–H groups in total. The highest BCUT2D eigenvalue weighted by atomic mass is 19.1. The zero-order chi connectivity index (χ0) is 12.1. The standard InChI is InChI=1S/C12H17FN2O/c1-9(8-14-2)12(16)15(3)11-6-4-10(13)5-7-11/h4-7,9,14H,8H2,1-3H3. The van der Waals surface area contributed by atoms with E-state index in [1.807, 2.05) is 14.0 Å². The molecule has 3 nitrogen and oxygen atoms in total. The number of anilines is 1. The maximum absolute atomic E-state index is 12.7. The van der Waals surface area contributed by atoms with E-state index in [1.165, 1.54) is 12.1 Å². The van der Waals surface area contributed by atoms with E-state index >= 15 is 0 Å².